The Labute approximate surface area is 189 Å². The Hall–Kier alpha value is -3.20. The number of aromatic nitrogens is 4. The maximum Gasteiger partial charge on any atom is 0.306 e. The molecule has 0 saturated heterocycles. The summed E-state index contributed by atoms with van der Waals surface area (Å²) in [6.07, 6.45) is 5.22. The molecule has 3 aromatic heterocycles. The van der Waals surface area contributed by atoms with E-state index in [0.29, 0.717) is 31.7 Å². The molecule has 0 amide bonds. The van der Waals surface area contributed by atoms with Gasteiger partial charge >= 0.3 is 5.97 Å². The summed E-state index contributed by atoms with van der Waals surface area (Å²) in [5, 5.41) is 22.0. The Morgan fingerprint density at radius 3 is 2.97 bits per heavy atom. The summed E-state index contributed by atoms with van der Waals surface area (Å²) in [5.74, 6) is 0.371. The SMILES string of the molecule is CC(C)(C)COc1cc2[nH]ncc2cc1Nc1ncnc2sc3c(c12)CC[C@H](C(=O)O)C3. The Morgan fingerprint density at radius 1 is 1.34 bits per heavy atom. The molecule has 0 unspecified atom stereocenters. The molecule has 1 aromatic carbocycles. The molecule has 5 rings (SSSR count). The normalized spacial score (nSPS) is 16.3. The van der Waals surface area contributed by atoms with Gasteiger partial charge in [-0.1, -0.05) is 20.8 Å². The summed E-state index contributed by atoms with van der Waals surface area (Å²) in [7, 11) is 0. The van der Waals surface area contributed by atoms with Crippen LogP contribution in [0.2, 0.25) is 0 Å². The number of carboxylic acid groups (broad SMARTS) is 1. The van der Waals surface area contributed by atoms with E-state index < -0.39 is 5.97 Å². The number of hydrogen-bond donors (Lipinski definition) is 3. The van der Waals surface area contributed by atoms with Crippen LogP contribution in [0.4, 0.5) is 11.5 Å². The van der Waals surface area contributed by atoms with Gasteiger partial charge in [-0.25, -0.2) is 9.97 Å². The van der Waals surface area contributed by atoms with Crippen LogP contribution < -0.4 is 10.1 Å². The molecule has 3 heterocycles. The highest BCUT2D eigenvalue weighted by molar-refractivity contribution is 7.19. The maximum absolute atomic E-state index is 11.5. The van der Waals surface area contributed by atoms with E-state index in [1.54, 1.807) is 23.9 Å². The summed E-state index contributed by atoms with van der Waals surface area (Å²) >= 11 is 1.57. The number of benzene rings is 1. The summed E-state index contributed by atoms with van der Waals surface area (Å²) in [4.78, 5) is 22.5. The second-order valence-corrected chi connectivity index (χ2v) is 10.5. The van der Waals surface area contributed by atoms with Crippen LogP contribution >= 0.6 is 11.3 Å². The van der Waals surface area contributed by atoms with E-state index in [0.717, 1.165) is 43.0 Å². The first-order valence-electron chi connectivity index (χ1n) is 10.6. The number of aliphatic carboxylic acids is 1. The Balaban J connectivity index is 1.55. The van der Waals surface area contributed by atoms with Gasteiger partial charge in [0.15, 0.2) is 0 Å². The van der Waals surface area contributed by atoms with Crippen molar-refractivity contribution in [3.05, 3.63) is 35.1 Å². The third-order valence-electron chi connectivity index (χ3n) is 5.65. The molecule has 3 N–H and O–H groups in total. The van der Waals surface area contributed by atoms with Gasteiger partial charge in [0.1, 0.15) is 22.7 Å². The number of nitrogens with one attached hydrogen (secondary N) is 2. The molecule has 0 spiro atoms. The van der Waals surface area contributed by atoms with Gasteiger partial charge in [-0.3, -0.25) is 9.89 Å². The molecule has 0 saturated carbocycles. The van der Waals surface area contributed by atoms with E-state index in [1.807, 2.05) is 12.1 Å². The van der Waals surface area contributed by atoms with Crippen LogP contribution in [0.1, 0.15) is 37.6 Å². The first-order chi connectivity index (χ1) is 15.3. The van der Waals surface area contributed by atoms with Gasteiger partial charge in [0.05, 0.1) is 35.3 Å². The number of ether oxygens (including phenoxy) is 1. The fourth-order valence-electron chi connectivity index (χ4n) is 4.03. The van der Waals surface area contributed by atoms with Gasteiger partial charge in [-0.05, 0) is 36.3 Å². The lowest BCUT2D eigenvalue weighted by atomic mass is 9.88. The highest BCUT2D eigenvalue weighted by Gasteiger charge is 2.29. The molecule has 1 aliphatic rings. The smallest absolute Gasteiger partial charge is 0.306 e. The molecule has 9 heteroatoms. The minimum Gasteiger partial charge on any atom is -0.491 e. The molecular formula is C23H25N5O3S. The summed E-state index contributed by atoms with van der Waals surface area (Å²) in [6.45, 7) is 6.95. The summed E-state index contributed by atoms with van der Waals surface area (Å²) < 4.78 is 6.18. The standard InChI is InChI=1S/C23H25N5O3S/c1-23(2,3)10-31-17-8-15-13(9-26-28-15)6-16(17)27-20-19-14-5-4-12(22(29)30)7-18(14)32-21(19)25-11-24-20/h6,8-9,11-12H,4-5,7,10H2,1-3H3,(H,26,28)(H,29,30)(H,24,25,27)/t12-/m0/s1. The minimum atomic E-state index is -0.730. The highest BCUT2D eigenvalue weighted by atomic mass is 32.1. The molecule has 32 heavy (non-hydrogen) atoms. The van der Waals surface area contributed by atoms with Gasteiger partial charge in [-0.15, -0.1) is 11.3 Å². The monoisotopic (exact) mass is 451 g/mol. The van der Waals surface area contributed by atoms with Crippen molar-refractivity contribution in [2.45, 2.75) is 40.0 Å². The number of nitrogens with zero attached hydrogens (tertiary/aromatic N) is 3. The van der Waals surface area contributed by atoms with Crippen molar-refractivity contribution in [2.24, 2.45) is 11.3 Å². The largest absolute Gasteiger partial charge is 0.491 e. The van der Waals surface area contributed by atoms with Crippen LogP contribution in [0.3, 0.4) is 0 Å². The van der Waals surface area contributed by atoms with E-state index in [2.05, 4.69) is 46.3 Å². The van der Waals surface area contributed by atoms with Crippen molar-refractivity contribution in [3.8, 4) is 5.75 Å². The number of aryl methyl sites for hydroxylation is 1. The van der Waals surface area contributed by atoms with Crippen molar-refractivity contribution in [2.75, 3.05) is 11.9 Å². The van der Waals surface area contributed by atoms with Crippen molar-refractivity contribution in [3.63, 3.8) is 0 Å². The average molecular weight is 452 g/mol. The van der Waals surface area contributed by atoms with Crippen LogP contribution in [0, 0.1) is 11.3 Å². The van der Waals surface area contributed by atoms with Gasteiger partial charge < -0.3 is 15.2 Å². The zero-order chi connectivity index (χ0) is 22.5. The van der Waals surface area contributed by atoms with Gasteiger partial charge in [-0.2, -0.15) is 5.10 Å². The molecule has 0 fully saturated rings. The van der Waals surface area contributed by atoms with Gasteiger partial charge in [0.2, 0.25) is 0 Å². The topological polar surface area (TPSA) is 113 Å². The lowest BCUT2D eigenvalue weighted by Crippen LogP contribution is -2.21. The van der Waals surface area contributed by atoms with Crippen molar-refractivity contribution < 1.29 is 14.6 Å². The molecule has 0 radical (unpaired) electrons. The molecule has 1 aliphatic carbocycles. The second kappa shape index (κ2) is 7.74. The molecule has 4 aromatic rings. The van der Waals surface area contributed by atoms with Crippen molar-refractivity contribution >= 4 is 49.9 Å². The summed E-state index contributed by atoms with van der Waals surface area (Å²) in [6, 6.07) is 3.96. The van der Waals surface area contributed by atoms with Crippen molar-refractivity contribution in [1.82, 2.24) is 20.2 Å². The molecule has 8 nitrogen and oxygen atoms in total. The van der Waals surface area contributed by atoms with Gasteiger partial charge in [0.25, 0.3) is 0 Å². The molecule has 0 bridgehead atoms. The first kappa shape index (κ1) is 20.7. The predicted octanol–water partition coefficient (Wildman–Crippen LogP) is 4.93. The number of carboxylic acids is 1. The number of rotatable bonds is 5. The van der Waals surface area contributed by atoms with Crippen LogP contribution in [0.15, 0.2) is 24.7 Å². The predicted molar refractivity (Wildman–Crippen MR) is 125 cm³/mol. The molecule has 1 atom stereocenters. The van der Waals surface area contributed by atoms with E-state index in [1.165, 1.54) is 0 Å². The fraction of sp³-hybridized carbons (Fsp3) is 0.391. The lowest BCUT2D eigenvalue weighted by Gasteiger charge is -2.21. The third kappa shape index (κ3) is 3.88. The van der Waals surface area contributed by atoms with E-state index in [4.69, 9.17) is 4.74 Å². The number of H-pyrrole nitrogens is 1. The van der Waals surface area contributed by atoms with Crippen LogP contribution in [0.25, 0.3) is 21.1 Å². The highest BCUT2D eigenvalue weighted by Crippen LogP contribution is 2.41. The minimum absolute atomic E-state index is 0.00943. The van der Waals surface area contributed by atoms with Crippen LogP contribution in [-0.4, -0.2) is 37.8 Å². The first-order valence-corrected chi connectivity index (χ1v) is 11.4. The fourth-order valence-corrected chi connectivity index (χ4v) is 5.29. The number of anilines is 2. The molecular weight excluding hydrogens is 426 g/mol. The van der Waals surface area contributed by atoms with Gasteiger partial charge in [0, 0.05) is 16.3 Å². The Kier molecular flexibility index (Phi) is 5.00. The number of hydrogen-bond acceptors (Lipinski definition) is 7. The number of carbonyl (C=O) groups is 1. The zero-order valence-electron chi connectivity index (χ0n) is 18.2. The lowest BCUT2D eigenvalue weighted by molar-refractivity contribution is -0.142. The van der Waals surface area contributed by atoms with Crippen LogP contribution in [0.5, 0.6) is 5.75 Å². The molecule has 166 valence electrons. The number of thiophene rings is 1. The second-order valence-electron chi connectivity index (χ2n) is 9.46. The number of aromatic amines is 1. The Bertz CT molecular complexity index is 1320. The third-order valence-corrected chi connectivity index (χ3v) is 6.81. The zero-order valence-corrected chi connectivity index (χ0v) is 19.0. The number of fused-ring (bicyclic) bond motifs is 4. The van der Waals surface area contributed by atoms with E-state index in [-0.39, 0.29) is 11.3 Å². The maximum atomic E-state index is 11.5. The molecule has 0 aliphatic heterocycles. The van der Waals surface area contributed by atoms with E-state index >= 15 is 0 Å². The average Bonchev–Trinajstić information content (AvgIpc) is 3.34. The van der Waals surface area contributed by atoms with E-state index in [9.17, 15) is 9.90 Å². The van der Waals surface area contributed by atoms with Crippen molar-refractivity contribution in [1.29, 1.82) is 0 Å². The van der Waals surface area contributed by atoms with Crippen LogP contribution in [-0.2, 0) is 17.6 Å². The Morgan fingerprint density at radius 2 is 2.19 bits per heavy atom. The quantitative estimate of drug-likeness (QED) is 0.394. The summed E-state index contributed by atoms with van der Waals surface area (Å²) in [5.41, 5.74) is 2.88.